The number of ether oxygens (including phenoxy) is 1. The second kappa shape index (κ2) is 6.63. The monoisotopic (exact) mass is 409 g/mol. The minimum absolute atomic E-state index is 0.0300. The first-order valence-corrected chi connectivity index (χ1v) is 9.57. The van der Waals surface area contributed by atoms with E-state index in [1.807, 2.05) is 11.8 Å². The largest absolute Gasteiger partial charge is 0.487 e. The van der Waals surface area contributed by atoms with E-state index < -0.39 is 29.0 Å². The Morgan fingerprint density at radius 3 is 2.82 bits per heavy atom. The van der Waals surface area contributed by atoms with Crippen molar-refractivity contribution in [2.75, 3.05) is 24.6 Å². The number of anilines is 1. The van der Waals surface area contributed by atoms with E-state index in [4.69, 9.17) is 22.1 Å². The van der Waals surface area contributed by atoms with Gasteiger partial charge in [0.05, 0.1) is 16.6 Å². The molecule has 7 nitrogen and oxygen atoms in total. The molecule has 1 saturated heterocycles. The molecule has 1 fully saturated rings. The highest BCUT2D eigenvalue weighted by Crippen LogP contribution is 2.47. The van der Waals surface area contributed by atoms with Gasteiger partial charge in [-0.05, 0) is 32.3 Å². The lowest BCUT2D eigenvalue weighted by atomic mass is 10.0. The number of hydrogen-bond acceptors (Lipinski definition) is 5. The van der Waals surface area contributed by atoms with Crippen molar-refractivity contribution in [1.82, 2.24) is 4.57 Å². The van der Waals surface area contributed by atoms with Gasteiger partial charge < -0.3 is 20.5 Å². The standard InChI is InChI=1S/C19H21ClFN3O4/c1-8-7-28-17-15-11(5-12(19(26)27)18(25)24(8)15)13(20)14(21)16(17)23-4-3-10(6-23)9(2)22/h5,8-10H,3-4,6-7,22H2,1-2H3,(H,26,27)/t8-,9?,10+/m0/s1. The van der Waals surface area contributed by atoms with Gasteiger partial charge >= 0.3 is 5.97 Å². The molecule has 3 atom stereocenters. The molecule has 1 aromatic carbocycles. The molecule has 2 aliphatic heterocycles. The third kappa shape index (κ3) is 2.66. The van der Waals surface area contributed by atoms with Crippen molar-refractivity contribution in [3.63, 3.8) is 0 Å². The topological polar surface area (TPSA) is 97.8 Å². The van der Waals surface area contributed by atoms with Gasteiger partial charge in [-0.15, -0.1) is 0 Å². The highest BCUT2D eigenvalue weighted by atomic mass is 35.5. The molecule has 3 heterocycles. The first kappa shape index (κ1) is 19.0. The smallest absolute Gasteiger partial charge is 0.341 e. The molecule has 0 bridgehead atoms. The maximum Gasteiger partial charge on any atom is 0.341 e. The molecule has 2 aromatic rings. The highest BCUT2D eigenvalue weighted by molar-refractivity contribution is 6.36. The van der Waals surface area contributed by atoms with Crippen LogP contribution in [0.1, 0.15) is 36.7 Å². The molecule has 0 saturated carbocycles. The lowest BCUT2D eigenvalue weighted by Gasteiger charge is -2.31. The zero-order valence-electron chi connectivity index (χ0n) is 15.5. The average Bonchev–Trinajstić information content (AvgIpc) is 3.12. The average molecular weight is 410 g/mol. The highest BCUT2D eigenvalue weighted by Gasteiger charge is 2.35. The summed E-state index contributed by atoms with van der Waals surface area (Å²) in [7, 11) is 0. The Morgan fingerprint density at radius 2 is 2.21 bits per heavy atom. The SMILES string of the molecule is CC(N)[C@@H]1CCN(c2c(F)c(Cl)c3cc(C(=O)O)c(=O)n4c3c2OC[C@@H]4C)C1. The molecule has 0 amide bonds. The Morgan fingerprint density at radius 1 is 1.50 bits per heavy atom. The van der Waals surface area contributed by atoms with Gasteiger partial charge in [-0.2, -0.15) is 0 Å². The second-order valence-electron chi connectivity index (χ2n) is 7.62. The lowest BCUT2D eigenvalue weighted by Crippen LogP contribution is -2.35. The minimum Gasteiger partial charge on any atom is -0.487 e. The number of benzene rings is 1. The van der Waals surface area contributed by atoms with Crippen LogP contribution in [0.3, 0.4) is 0 Å². The molecular formula is C19H21ClFN3O4. The fourth-order valence-electron chi connectivity index (χ4n) is 4.16. The number of nitrogens with two attached hydrogens (primary N) is 1. The molecule has 150 valence electrons. The molecule has 0 radical (unpaired) electrons. The fraction of sp³-hybridized carbons (Fsp3) is 0.474. The van der Waals surface area contributed by atoms with E-state index in [1.54, 1.807) is 6.92 Å². The molecule has 4 rings (SSSR count). The van der Waals surface area contributed by atoms with Crippen LogP contribution < -0.4 is 20.9 Å². The van der Waals surface area contributed by atoms with Gasteiger partial charge in [-0.3, -0.25) is 9.36 Å². The molecule has 0 spiro atoms. The van der Waals surface area contributed by atoms with Gasteiger partial charge in [-0.25, -0.2) is 9.18 Å². The van der Waals surface area contributed by atoms with Crippen LogP contribution >= 0.6 is 11.6 Å². The van der Waals surface area contributed by atoms with E-state index in [9.17, 15) is 14.7 Å². The van der Waals surface area contributed by atoms with Crippen molar-refractivity contribution in [1.29, 1.82) is 0 Å². The van der Waals surface area contributed by atoms with Gasteiger partial charge in [-0.1, -0.05) is 11.6 Å². The third-order valence-electron chi connectivity index (χ3n) is 5.73. The maximum absolute atomic E-state index is 15.3. The normalized spacial score (nSPS) is 22.4. The van der Waals surface area contributed by atoms with Gasteiger partial charge in [0.15, 0.2) is 11.6 Å². The number of aromatic carboxylic acids is 1. The Hall–Kier alpha value is -2.32. The summed E-state index contributed by atoms with van der Waals surface area (Å²) in [5, 5.41) is 9.33. The number of rotatable bonds is 3. The Balaban J connectivity index is 2.03. The first-order valence-electron chi connectivity index (χ1n) is 9.19. The number of nitrogens with zero attached hydrogens (tertiary/aromatic N) is 2. The van der Waals surface area contributed by atoms with Crippen LogP contribution in [0.2, 0.25) is 5.02 Å². The Bertz CT molecular complexity index is 1050. The van der Waals surface area contributed by atoms with Crippen LogP contribution in [0.25, 0.3) is 10.9 Å². The van der Waals surface area contributed by atoms with E-state index in [-0.39, 0.29) is 40.4 Å². The Labute approximate surface area is 165 Å². The molecule has 1 unspecified atom stereocenters. The van der Waals surface area contributed by atoms with Crippen molar-refractivity contribution in [2.45, 2.75) is 32.4 Å². The number of carboxylic acid groups (broad SMARTS) is 1. The molecule has 3 N–H and O–H groups in total. The fourth-order valence-corrected chi connectivity index (χ4v) is 4.39. The summed E-state index contributed by atoms with van der Waals surface area (Å²) in [6, 6.07) is 0.690. The van der Waals surface area contributed by atoms with Gasteiger partial charge in [0.2, 0.25) is 0 Å². The van der Waals surface area contributed by atoms with Crippen LogP contribution in [0.5, 0.6) is 5.75 Å². The van der Waals surface area contributed by atoms with Crippen LogP contribution in [0.15, 0.2) is 10.9 Å². The van der Waals surface area contributed by atoms with E-state index in [1.165, 1.54) is 4.57 Å². The molecule has 0 aliphatic carbocycles. The predicted octanol–water partition coefficient (Wildman–Crippen LogP) is 2.62. The van der Waals surface area contributed by atoms with E-state index in [0.29, 0.717) is 18.6 Å². The number of carboxylic acids is 1. The molecular weight excluding hydrogens is 389 g/mol. The summed E-state index contributed by atoms with van der Waals surface area (Å²) >= 11 is 6.32. The summed E-state index contributed by atoms with van der Waals surface area (Å²) in [6.07, 6.45) is 0.813. The van der Waals surface area contributed by atoms with Crippen molar-refractivity contribution < 1.29 is 19.0 Å². The van der Waals surface area contributed by atoms with E-state index in [2.05, 4.69) is 0 Å². The predicted molar refractivity (Wildman–Crippen MR) is 104 cm³/mol. The van der Waals surface area contributed by atoms with Crippen molar-refractivity contribution in [3.05, 3.63) is 32.8 Å². The summed E-state index contributed by atoms with van der Waals surface area (Å²) < 4.78 is 22.5. The number of pyridine rings is 1. The summed E-state index contributed by atoms with van der Waals surface area (Å²) in [6.45, 7) is 4.94. The molecule has 1 aromatic heterocycles. The van der Waals surface area contributed by atoms with E-state index in [0.717, 1.165) is 12.5 Å². The zero-order valence-corrected chi connectivity index (χ0v) is 16.3. The van der Waals surface area contributed by atoms with Crippen LogP contribution in [0.4, 0.5) is 10.1 Å². The van der Waals surface area contributed by atoms with Crippen molar-refractivity contribution in [3.8, 4) is 5.75 Å². The number of hydrogen-bond donors (Lipinski definition) is 2. The summed E-state index contributed by atoms with van der Waals surface area (Å²) in [5.74, 6) is -1.61. The van der Waals surface area contributed by atoms with Gasteiger partial charge in [0.1, 0.15) is 17.9 Å². The maximum atomic E-state index is 15.3. The first-order chi connectivity index (χ1) is 13.2. The van der Waals surface area contributed by atoms with Gasteiger partial charge in [0, 0.05) is 24.5 Å². The van der Waals surface area contributed by atoms with Crippen molar-refractivity contribution >= 4 is 34.2 Å². The molecule has 9 heteroatoms. The zero-order chi connectivity index (χ0) is 20.3. The Kier molecular flexibility index (Phi) is 4.50. The van der Waals surface area contributed by atoms with Crippen LogP contribution in [-0.2, 0) is 0 Å². The summed E-state index contributed by atoms with van der Waals surface area (Å²) in [4.78, 5) is 26.1. The second-order valence-corrected chi connectivity index (χ2v) is 8.00. The summed E-state index contributed by atoms with van der Waals surface area (Å²) in [5.41, 5.74) is 5.45. The van der Waals surface area contributed by atoms with E-state index >= 15 is 4.39 Å². The quantitative estimate of drug-likeness (QED) is 0.808. The minimum atomic E-state index is -1.38. The molecule has 28 heavy (non-hydrogen) atoms. The van der Waals surface area contributed by atoms with Crippen LogP contribution in [0, 0.1) is 11.7 Å². The third-order valence-corrected chi connectivity index (χ3v) is 6.10. The van der Waals surface area contributed by atoms with Crippen molar-refractivity contribution in [2.24, 2.45) is 11.7 Å². The van der Waals surface area contributed by atoms with Crippen LogP contribution in [-0.4, -0.2) is 41.4 Å². The number of halogens is 2. The number of aromatic nitrogens is 1. The molecule has 2 aliphatic rings. The number of carbonyl (C=O) groups is 1. The van der Waals surface area contributed by atoms with Gasteiger partial charge in [0.25, 0.3) is 5.56 Å². The lowest BCUT2D eigenvalue weighted by molar-refractivity contribution is 0.0694.